The summed E-state index contributed by atoms with van der Waals surface area (Å²) < 4.78 is 12.7. The first kappa shape index (κ1) is 29.1. The van der Waals surface area contributed by atoms with E-state index in [1.807, 2.05) is 18.2 Å². The van der Waals surface area contributed by atoms with E-state index in [9.17, 15) is 0 Å². The van der Waals surface area contributed by atoms with Crippen LogP contribution in [0.25, 0.3) is 87.7 Å². The molecule has 2 nitrogen and oxygen atoms in total. The van der Waals surface area contributed by atoms with Crippen molar-refractivity contribution in [3.05, 3.63) is 193 Å². The van der Waals surface area contributed by atoms with E-state index in [2.05, 4.69) is 164 Å². The van der Waals surface area contributed by atoms with Gasteiger partial charge in [0.25, 0.3) is 0 Å². The third-order valence-corrected chi connectivity index (χ3v) is 11.1. The summed E-state index contributed by atoms with van der Waals surface area (Å²) in [6, 6.07) is 56.8. The van der Waals surface area contributed by atoms with Gasteiger partial charge in [-0.25, -0.2) is 0 Å². The van der Waals surface area contributed by atoms with Crippen LogP contribution in [0.1, 0.15) is 23.0 Å². The van der Waals surface area contributed by atoms with Crippen molar-refractivity contribution >= 4 is 65.4 Å². The van der Waals surface area contributed by atoms with Crippen molar-refractivity contribution in [3.8, 4) is 22.3 Å². The molecule has 0 fully saturated rings. The first-order valence-electron chi connectivity index (χ1n) is 18.0. The first-order chi connectivity index (χ1) is 25.8. The van der Waals surface area contributed by atoms with Crippen LogP contribution in [-0.4, -0.2) is 0 Å². The van der Waals surface area contributed by atoms with Gasteiger partial charge in [0.15, 0.2) is 0 Å². The fourth-order valence-electron chi connectivity index (χ4n) is 8.80. The van der Waals surface area contributed by atoms with Crippen molar-refractivity contribution in [1.82, 2.24) is 0 Å². The molecule has 8 aromatic carbocycles. The van der Waals surface area contributed by atoms with E-state index in [1.54, 1.807) is 0 Å². The van der Waals surface area contributed by atoms with Crippen LogP contribution in [0, 0.1) is 0 Å². The second-order valence-electron chi connectivity index (χ2n) is 13.9. The SMILES string of the molecule is C1=CC(c2c3ccccc3c(-c3cccc(-c4ccc5oc6ccccc6c5c4)c3)c3ccccc23)C(c2cccc3c2oc2ccccc23)C=C1. The van der Waals surface area contributed by atoms with Gasteiger partial charge in [-0.3, -0.25) is 0 Å². The Hall–Kier alpha value is -6.64. The van der Waals surface area contributed by atoms with E-state index in [-0.39, 0.29) is 11.8 Å². The second-order valence-corrected chi connectivity index (χ2v) is 13.9. The molecule has 1 aliphatic carbocycles. The van der Waals surface area contributed by atoms with E-state index >= 15 is 0 Å². The molecule has 2 heterocycles. The third-order valence-electron chi connectivity index (χ3n) is 11.1. The maximum atomic E-state index is 6.60. The molecule has 0 N–H and O–H groups in total. The molecule has 0 saturated heterocycles. The Kier molecular flexibility index (Phi) is 6.41. The number of fused-ring (bicyclic) bond motifs is 8. The Bertz CT molecular complexity index is 3040. The van der Waals surface area contributed by atoms with Crippen molar-refractivity contribution < 1.29 is 8.83 Å². The molecule has 0 amide bonds. The highest BCUT2D eigenvalue weighted by molar-refractivity contribution is 6.16. The van der Waals surface area contributed by atoms with Gasteiger partial charge in [0.1, 0.15) is 22.3 Å². The Morgan fingerprint density at radius 3 is 1.63 bits per heavy atom. The number of para-hydroxylation sites is 3. The van der Waals surface area contributed by atoms with Crippen LogP contribution in [0.15, 0.2) is 191 Å². The number of allylic oxidation sites excluding steroid dienone is 4. The van der Waals surface area contributed by atoms with Crippen LogP contribution >= 0.6 is 0 Å². The fourth-order valence-corrected chi connectivity index (χ4v) is 8.80. The molecule has 1 aliphatic rings. The number of hydrogen-bond donors (Lipinski definition) is 0. The highest BCUT2D eigenvalue weighted by atomic mass is 16.3. The van der Waals surface area contributed by atoms with Gasteiger partial charge < -0.3 is 8.83 Å². The second kappa shape index (κ2) is 11.4. The number of hydrogen-bond acceptors (Lipinski definition) is 2. The number of benzene rings is 8. The van der Waals surface area contributed by atoms with Crippen molar-refractivity contribution in [3.63, 3.8) is 0 Å². The Morgan fingerprint density at radius 1 is 0.346 bits per heavy atom. The molecule has 2 atom stereocenters. The van der Waals surface area contributed by atoms with Gasteiger partial charge in [-0.15, -0.1) is 0 Å². The molecule has 10 aromatic rings. The van der Waals surface area contributed by atoms with Gasteiger partial charge in [-0.1, -0.05) is 152 Å². The molecule has 0 saturated carbocycles. The maximum Gasteiger partial charge on any atom is 0.139 e. The van der Waals surface area contributed by atoms with Crippen LogP contribution in [0.5, 0.6) is 0 Å². The summed E-state index contributed by atoms with van der Waals surface area (Å²) in [7, 11) is 0. The van der Waals surface area contributed by atoms with Crippen molar-refractivity contribution in [2.24, 2.45) is 0 Å². The maximum absolute atomic E-state index is 6.60. The molecule has 11 rings (SSSR count). The summed E-state index contributed by atoms with van der Waals surface area (Å²) in [5.74, 6) is 0.208. The minimum atomic E-state index is 0.101. The molecule has 2 aromatic heterocycles. The summed E-state index contributed by atoms with van der Waals surface area (Å²) in [6.07, 6.45) is 9.14. The van der Waals surface area contributed by atoms with Gasteiger partial charge in [0.2, 0.25) is 0 Å². The van der Waals surface area contributed by atoms with Crippen LogP contribution in [0.3, 0.4) is 0 Å². The zero-order valence-corrected chi connectivity index (χ0v) is 28.3. The Balaban J connectivity index is 1.11. The average Bonchev–Trinajstić information content (AvgIpc) is 3.78. The molecule has 52 heavy (non-hydrogen) atoms. The average molecular weight is 665 g/mol. The molecular formula is C50H32O2. The lowest BCUT2D eigenvalue weighted by Crippen LogP contribution is -2.11. The molecule has 0 radical (unpaired) electrons. The predicted octanol–water partition coefficient (Wildman–Crippen LogP) is 14.1. The van der Waals surface area contributed by atoms with Crippen LogP contribution in [-0.2, 0) is 0 Å². The van der Waals surface area contributed by atoms with Crippen LogP contribution in [0.2, 0.25) is 0 Å². The zero-order chi connectivity index (χ0) is 34.2. The number of furan rings is 2. The normalized spacial score (nSPS) is 15.9. The highest BCUT2D eigenvalue weighted by Gasteiger charge is 2.29. The fraction of sp³-hybridized carbons (Fsp3) is 0.0400. The minimum absolute atomic E-state index is 0.101. The summed E-state index contributed by atoms with van der Waals surface area (Å²) in [5.41, 5.74) is 11.1. The van der Waals surface area contributed by atoms with E-state index in [4.69, 9.17) is 8.83 Å². The molecule has 0 spiro atoms. The Labute approximate surface area is 300 Å². The predicted molar refractivity (Wildman–Crippen MR) is 217 cm³/mol. The van der Waals surface area contributed by atoms with E-state index in [0.29, 0.717) is 0 Å². The smallest absolute Gasteiger partial charge is 0.139 e. The molecule has 2 heteroatoms. The van der Waals surface area contributed by atoms with Crippen LogP contribution in [0.4, 0.5) is 0 Å². The van der Waals surface area contributed by atoms with Crippen LogP contribution < -0.4 is 0 Å². The minimum Gasteiger partial charge on any atom is -0.456 e. The quantitative estimate of drug-likeness (QED) is 0.175. The molecule has 2 unspecified atom stereocenters. The molecule has 244 valence electrons. The van der Waals surface area contributed by atoms with Gasteiger partial charge >= 0.3 is 0 Å². The Morgan fingerprint density at radius 2 is 0.885 bits per heavy atom. The lowest BCUT2D eigenvalue weighted by Gasteiger charge is -2.29. The lowest BCUT2D eigenvalue weighted by molar-refractivity contribution is 0.648. The van der Waals surface area contributed by atoms with Gasteiger partial charge in [-0.05, 0) is 79.7 Å². The molecular weight excluding hydrogens is 633 g/mol. The lowest BCUT2D eigenvalue weighted by atomic mass is 9.74. The van der Waals surface area contributed by atoms with Gasteiger partial charge in [-0.2, -0.15) is 0 Å². The van der Waals surface area contributed by atoms with E-state index in [1.165, 1.54) is 60.3 Å². The van der Waals surface area contributed by atoms with Crippen molar-refractivity contribution in [2.45, 2.75) is 11.8 Å². The van der Waals surface area contributed by atoms with Gasteiger partial charge in [0.05, 0.1) is 0 Å². The summed E-state index contributed by atoms with van der Waals surface area (Å²) >= 11 is 0. The van der Waals surface area contributed by atoms with Crippen molar-refractivity contribution in [1.29, 1.82) is 0 Å². The van der Waals surface area contributed by atoms with E-state index in [0.717, 1.165) is 38.5 Å². The first-order valence-corrected chi connectivity index (χ1v) is 18.0. The van der Waals surface area contributed by atoms with Gasteiger partial charge in [0, 0.05) is 38.9 Å². The summed E-state index contributed by atoms with van der Waals surface area (Å²) in [6.45, 7) is 0. The largest absolute Gasteiger partial charge is 0.456 e. The third kappa shape index (κ3) is 4.37. The zero-order valence-electron chi connectivity index (χ0n) is 28.3. The monoisotopic (exact) mass is 664 g/mol. The summed E-state index contributed by atoms with van der Waals surface area (Å²) in [4.78, 5) is 0. The molecule has 0 aliphatic heterocycles. The van der Waals surface area contributed by atoms with Crippen molar-refractivity contribution in [2.75, 3.05) is 0 Å². The standard InChI is InChI=1S/C50H32O2/c1-2-18-37(34(15-1)42-23-12-24-43-35-16-7-10-26-46(35)52-50(42)43)49-40-21-5-3-19-38(40)48(39-20-4-6-22-41(39)49)33-14-11-13-31(29-33)32-27-28-47-44(30-32)36-17-8-9-25-45(36)51-47/h1-30,34,37H. The molecule has 0 bridgehead atoms. The summed E-state index contributed by atoms with van der Waals surface area (Å²) in [5, 5.41) is 9.68. The highest BCUT2D eigenvalue weighted by Crippen LogP contribution is 2.49. The number of rotatable bonds is 4. The topological polar surface area (TPSA) is 26.3 Å². The van der Waals surface area contributed by atoms with E-state index < -0.39 is 0 Å².